The number of benzene rings is 2. The SMILES string of the molecule is O=C(COC(=O)/C=C/c1ccc(Cl)cc1Cl)Nc1ccc2c(c1)OCO2. The summed E-state index contributed by atoms with van der Waals surface area (Å²) < 4.78 is 15.3. The number of carbonyl (C=O) groups is 2. The van der Waals surface area contributed by atoms with Gasteiger partial charge in [0.1, 0.15) is 0 Å². The van der Waals surface area contributed by atoms with Crippen molar-refractivity contribution in [2.45, 2.75) is 0 Å². The molecule has 0 aromatic heterocycles. The first-order valence-electron chi connectivity index (χ1n) is 7.50. The Morgan fingerprint density at radius 1 is 1.12 bits per heavy atom. The molecule has 0 aliphatic carbocycles. The second-order valence-corrected chi connectivity index (χ2v) is 6.07. The summed E-state index contributed by atoms with van der Waals surface area (Å²) in [4.78, 5) is 23.6. The molecule has 1 N–H and O–H groups in total. The summed E-state index contributed by atoms with van der Waals surface area (Å²) in [6, 6.07) is 9.85. The molecule has 0 unspecified atom stereocenters. The highest BCUT2D eigenvalue weighted by atomic mass is 35.5. The molecule has 26 heavy (non-hydrogen) atoms. The Hall–Kier alpha value is -2.70. The average Bonchev–Trinajstić information content (AvgIpc) is 3.07. The lowest BCUT2D eigenvalue weighted by Crippen LogP contribution is -2.20. The molecule has 3 rings (SSSR count). The summed E-state index contributed by atoms with van der Waals surface area (Å²) in [5.74, 6) is 0.00925. The van der Waals surface area contributed by atoms with Crippen molar-refractivity contribution in [1.29, 1.82) is 0 Å². The number of anilines is 1. The second kappa shape index (κ2) is 8.12. The third kappa shape index (κ3) is 4.68. The van der Waals surface area contributed by atoms with E-state index < -0.39 is 18.5 Å². The number of nitrogens with one attached hydrogen (secondary N) is 1. The van der Waals surface area contributed by atoms with Crippen molar-refractivity contribution in [3.63, 3.8) is 0 Å². The lowest BCUT2D eigenvalue weighted by Gasteiger charge is -2.06. The maximum absolute atomic E-state index is 11.9. The number of esters is 1. The first-order valence-corrected chi connectivity index (χ1v) is 8.26. The van der Waals surface area contributed by atoms with Crippen LogP contribution in [0, 0.1) is 0 Å². The monoisotopic (exact) mass is 393 g/mol. The van der Waals surface area contributed by atoms with Gasteiger partial charge in [-0.15, -0.1) is 0 Å². The van der Waals surface area contributed by atoms with E-state index in [0.717, 1.165) is 0 Å². The largest absolute Gasteiger partial charge is 0.454 e. The van der Waals surface area contributed by atoms with E-state index in [1.54, 1.807) is 36.4 Å². The molecule has 2 aromatic rings. The molecule has 0 radical (unpaired) electrons. The molecule has 8 heteroatoms. The Labute approximate surface area is 159 Å². The van der Waals surface area contributed by atoms with E-state index in [2.05, 4.69) is 5.32 Å². The van der Waals surface area contributed by atoms with Gasteiger partial charge in [-0.2, -0.15) is 0 Å². The van der Waals surface area contributed by atoms with Gasteiger partial charge in [-0.25, -0.2) is 4.79 Å². The van der Waals surface area contributed by atoms with E-state index in [0.29, 0.717) is 32.8 Å². The predicted molar refractivity (Wildman–Crippen MR) is 97.6 cm³/mol. The minimum absolute atomic E-state index is 0.147. The fraction of sp³-hybridized carbons (Fsp3) is 0.111. The number of ether oxygens (including phenoxy) is 3. The van der Waals surface area contributed by atoms with Crippen LogP contribution >= 0.6 is 23.2 Å². The van der Waals surface area contributed by atoms with Gasteiger partial charge in [0.2, 0.25) is 6.79 Å². The Kier molecular flexibility index (Phi) is 5.65. The van der Waals surface area contributed by atoms with Crippen molar-refractivity contribution in [2.75, 3.05) is 18.7 Å². The van der Waals surface area contributed by atoms with Gasteiger partial charge >= 0.3 is 5.97 Å². The highest BCUT2D eigenvalue weighted by Gasteiger charge is 2.14. The van der Waals surface area contributed by atoms with Gasteiger partial charge < -0.3 is 19.5 Å². The average molecular weight is 394 g/mol. The number of hydrogen-bond acceptors (Lipinski definition) is 5. The number of hydrogen-bond donors (Lipinski definition) is 1. The molecule has 134 valence electrons. The van der Waals surface area contributed by atoms with E-state index in [1.165, 1.54) is 12.2 Å². The molecule has 1 aliphatic heterocycles. The third-order valence-electron chi connectivity index (χ3n) is 3.36. The van der Waals surface area contributed by atoms with Crippen LogP contribution in [0.25, 0.3) is 6.08 Å². The standard InChI is InChI=1S/C18H13Cl2NO5/c19-12-3-1-11(14(20)7-12)2-6-18(23)24-9-17(22)21-13-4-5-15-16(8-13)26-10-25-15/h1-8H,9-10H2,(H,21,22)/b6-2+. The van der Waals surface area contributed by atoms with Gasteiger partial charge in [0.05, 0.1) is 0 Å². The van der Waals surface area contributed by atoms with Crippen LogP contribution in [0.4, 0.5) is 5.69 Å². The van der Waals surface area contributed by atoms with Crippen molar-refractivity contribution in [3.05, 3.63) is 58.1 Å². The van der Waals surface area contributed by atoms with E-state index in [-0.39, 0.29) is 6.79 Å². The van der Waals surface area contributed by atoms with Crippen LogP contribution in [-0.2, 0) is 14.3 Å². The normalized spacial score (nSPS) is 12.2. The summed E-state index contributed by atoms with van der Waals surface area (Å²) >= 11 is 11.8. The van der Waals surface area contributed by atoms with Crippen molar-refractivity contribution < 1.29 is 23.8 Å². The van der Waals surface area contributed by atoms with Gasteiger partial charge in [-0.3, -0.25) is 4.79 Å². The van der Waals surface area contributed by atoms with Gasteiger partial charge in [0.25, 0.3) is 5.91 Å². The fourth-order valence-electron chi connectivity index (χ4n) is 2.15. The molecule has 1 amide bonds. The summed E-state index contributed by atoms with van der Waals surface area (Å²) in [5.41, 5.74) is 1.12. The topological polar surface area (TPSA) is 73.9 Å². The highest BCUT2D eigenvalue weighted by Crippen LogP contribution is 2.34. The summed E-state index contributed by atoms with van der Waals surface area (Å²) in [5, 5.41) is 3.50. The minimum Gasteiger partial charge on any atom is -0.454 e. The Morgan fingerprint density at radius 2 is 1.92 bits per heavy atom. The molecule has 0 atom stereocenters. The molecule has 6 nitrogen and oxygen atoms in total. The van der Waals surface area contributed by atoms with Gasteiger partial charge in [0.15, 0.2) is 18.1 Å². The molecule has 0 saturated heterocycles. The maximum Gasteiger partial charge on any atom is 0.331 e. The van der Waals surface area contributed by atoms with E-state index in [4.69, 9.17) is 37.4 Å². The molecule has 0 fully saturated rings. The second-order valence-electron chi connectivity index (χ2n) is 5.22. The maximum atomic E-state index is 11.9. The third-order valence-corrected chi connectivity index (χ3v) is 3.93. The van der Waals surface area contributed by atoms with Crippen molar-refractivity contribution in [1.82, 2.24) is 0 Å². The van der Waals surface area contributed by atoms with Crippen LogP contribution in [0.1, 0.15) is 5.56 Å². The van der Waals surface area contributed by atoms with Crippen LogP contribution in [0.2, 0.25) is 10.0 Å². The van der Waals surface area contributed by atoms with Crippen LogP contribution < -0.4 is 14.8 Å². The molecule has 0 spiro atoms. The highest BCUT2D eigenvalue weighted by molar-refractivity contribution is 6.35. The quantitative estimate of drug-likeness (QED) is 0.615. The van der Waals surface area contributed by atoms with Gasteiger partial charge in [-0.1, -0.05) is 29.3 Å². The van der Waals surface area contributed by atoms with E-state index in [1.807, 2.05) is 0 Å². The van der Waals surface area contributed by atoms with Crippen molar-refractivity contribution in [2.24, 2.45) is 0 Å². The lowest BCUT2D eigenvalue weighted by molar-refractivity contribution is -0.142. The zero-order valence-corrected chi connectivity index (χ0v) is 14.8. The van der Waals surface area contributed by atoms with Crippen molar-refractivity contribution in [3.8, 4) is 11.5 Å². The predicted octanol–water partition coefficient (Wildman–Crippen LogP) is 3.92. The molecule has 0 bridgehead atoms. The lowest BCUT2D eigenvalue weighted by atomic mass is 10.2. The molecular weight excluding hydrogens is 381 g/mol. The van der Waals surface area contributed by atoms with Gasteiger partial charge in [-0.05, 0) is 35.9 Å². The Balaban J connectivity index is 1.49. The van der Waals surface area contributed by atoms with Crippen LogP contribution in [-0.4, -0.2) is 25.3 Å². The number of rotatable bonds is 5. The zero-order chi connectivity index (χ0) is 18.5. The minimum atomic E-state index is -0.670. The number of halogens is 2. The molecule has 1 aliphatic rings. The molecule has 2 aromatic carbocycles. The molecular formula is C18H13Cl2NO5. The fourth-order valence-corrected chi connectivity index (χ4v) is 2.62. The number of amides is 1. The van der Waals surface area contributed by atoms with E-state index >= 15 is 0 Å². The van der Waals surface area contributed by atoms with E-state index in [9.17, 15) is 9.59 Å². The van der Waals surface area contributed by atoms with Crippen LogP contribution in [0.5, 0.6) is 11.5 Å². The van der Waals surface area contributed by atoms with Crippen LogP contribution in [0.3, 0.4) is 0 Å². The summed E-state index contributed by atoms with van der Waals surface area (Å²) in [6.45, 7) is -0.277. The summed E-state index contributed by atoms with van der Waals surface area (Å²) in [7, 11) is 0. The first kappa shape index (κ1) is 18.1. The summed E-state index contributed by atoms with van der Waals surface area (Å²) in [6.07, 6.45) is 2.67. The first-order chi connectivity index (χ1) is 12.5. The smallest absolute Gasteiger partial charge is 0.331 e. The Bertz CT molecular complexity index is 882. The zero-order valence-electron chi connectivity index (χ0n) is 13.3. The van der Waals surface area contributed by atoms with Crippen LogP contribution in [0.15, 0.2) is 42.5 Å². The molecule has 1 heterocycles. The number of fused-ring (bicyclic) bond motifs is 1. The van der Waals surface area contributed by atoms with Gasteiger partial charge in [0, 0.05) is 27.9 Å². The molecule has 0 saturated carbocycles. The van der Waals surface area contributed by atoms with Crippen molar-refractivity contribution >= 4 is 46.8 Å². The number of carbonyl (C=O) groups excluding carboxylic acids is 2. The Morgan fingerprint density at radius 3 is 2.73 bits per heavy atom.